The van der Waals surface area contributed by atoms with Gasteiger partial charge in [-0.25, -0.2) is 9.78 Å². The van der Waals surface area contributed by atoms with Gasteiger partial charge in [-0.2, -0.15) is 9.61 Å². The van der Waals surface area contributed by atoms with Crippen LogP contribution in [0.3, 0.4) is 0 Å². The number of ether oxygens (including phenoxy) is 1. The van der Waals surface area contributed by atoms with E-state index in [2.05, 4.69) is 33.5 Å². The SMILES string of the molecule is COCCNC(=O)N1C2CC[C@H]1CC(c1nc3c(-c4ccc(-c5ccccc5)nc4)cnn3c(N)c1C1CC1)C2. The van der Waals surface area contributed by atoms with E-state index in [1.54, 1.807) is 7.11 Å². The maximum absolute atomic E-state index is 13.0. The highest BCUT2D eigenvalue weighted by Gasteiger charge is 2.45. The molecule has 3 atom stereocenters. The van der Waals surface area contributed by atoms with Gasteiger partial charge >= 0.3 is 6.03 Å². The number of carbonyl (C=O) groups is 1. The number of nitrogens with one attached hydrogen (secondary N) is 1. The fraction of sp³-hybridized carbons (Fsp3) is 0.419. The molecule has 2 saturated heterocycles. The number of piperidine rings is 1. The molecule has 2 bridgehead atoms. The number of urea groups is 1. The first kappa shape index (κ1) is 25.0. The highest BCUT2D eigenvalue weighted by atomic mass is 16.5. The number of anilines is 1. The van der Waals surface area contributed by atoms with Crippen LogP contribution in [0.4, 0.5) is 10.6 Å². The van der Waals surface area contributed by atoms with Gasteiger partial charge in [0.25, 0.3) is 0 Å². The van der Waals surface area contributed by atoms with Crippen molar-refractivity contribution in [3.05, 3.63) is 66.1 Å². The summed E-state index contributed by atoms with van der Waals surface area (Å²) in [6.45, 7) is 1.05. The predicted octanol–water partition coefficient (Wildman–Crippen LogP) is 4.98. The zero-order valence-electron chi connectivity index (χ0n) is 22.8. The Morgan fingerprint density at radius 1 is 1.00 bits per heavy atom. The van der Waals surface area contributed by atoms with E-state index >= 15 is 0 Å². The number of carbonyl (C=O) groups excluding carboxylic acids is 1. The van der Waals surface area contributed by atoms with Crippen LogP contribution in [0.2, 0.25) is 0 Å². The minimum absolute atomic E-state index is 0.0258. The Hall–Kier alpha value is -3.98. The third kappa shape index (κ3) is 4.38. The Morgan fingerprint density at radius 2 is 1.77 bits per heavy atom. The molecular weight excluding hydrogens is 502 g/mol. The number of amides is 2. The molecule has 3 N–H and O–H groups in total. The van der Waals surface area contributed by atoms with Crippen LogP contribution in [0.15, 0.2) is 54.9 Å². The average Bonchev–Trinajstić information content (AvgIpc) is 3.67. The van der Waals surface area contributed by atoms with Crippen molar-refractivity contribution in [2.45, 2.75) is 62.4 Å². The molecule has 3 aliphatic rings. The predicted molar refractivity (Wildman–Crippen MR) is 154 cm³/mol. The molecule has 3 fully saturated rings. The maximum atomic E-state index is 13.0. The van der Waals surface area contributed by atoms with Crippen molar-refractivity contribution >= 4 is 17.5 Å². The number of fused-ring (bicyclic) bond motifs is 3. The van der Waals surface area contributed by atoms with Crippen LogP contribution in [0.25, 0.3) is 28.0 Å². The number of hydrogen-bond donors (Lipinski definition) is 2. The van der Waals surface area contributed by atoms with Gasteiger partial charge in [0.2, 0.25) is 0 Å². The Labute approximate surface area is 233 Å². The lowest BCUT2D eigenvalue weighted by Crippen LogP contribution is -2.51. The van der Waals surface area contributed by atoms with Gasteiger partial charge in [-0.15, -0.1) is 0 Å². The molecule has 0 radical (unpaired) electrons. The molecule has 5 heterocycles. The Kier molecular flexibility index (Phi) is 6.38. The van der Waals surface area contributed by atoms with E-state index in [4.69, 9.17) is 20.4 Å². The zero-order chi connectivity index (χ0) is 27.2. The summed E-state index contributed by atoms with van der Waals surface area (Å²) in [6, 6.07) is 14.8. The standard InChI is InChI=1S/C31H35N7O2/c1-40-14-13-33-31(39)37-23-10-11-24(37)16-22(15-23)28-27(20-7-8-20)29(32)38-30(36-28)25(18-35-38)21-9-12-26(34-17-21)19-5-3-2-4-6-19/h2-6,9,12,17-18,20,22-24H,7-8,10-11,13-16,32H2,1H3,(H,33,39)/t22?,23-,24?/m0/s1. The molecule has 9 nitrogen and oxygen atoms in total. The second-order valence-electron chi connectivity index (χ2n) is 11.3. The summed E-state index contributed by atoms with van der Waals surface area (Å²) in [5.41, 5.74) is 13.8. The number of nitrogens with zero attached hydrogens (tertiary/aromatic N) is 5. The number of benzene rings is 1. The highest BCUT2D eigenvalue weighted by molar-refractivity contribution is 5.79. The van der Waals surface area contributed by atoms with Gasteiger partial charge in [-0.05, 0) is 50.5 Å². The van der Waals surface area contributed by atoms with E-state index in [1.165, 1.54) is 5.56 Å². The first-order valence-electron chi connectivity index (χ1n) is 14.4. The van der Waals surface area contributed by atoms with Crippen molar-refractivity contribution in [3.63, 3.8) is 0 Å². The van der Waals surface area contributed by atoms with Gasteiger partial charge in [0, 0.05) is 60.1 Å². The molecule has 1 saturated carbocycles. The number of nitrogen functional groups attached to an aromatic ring is 1. The number of rotatable bonds is 7. The third-order valence-electron chi connectivity index (χ3n) is 8.82. The van der Waals surface area contributed by atoms with E-state index < -0.39 is 0 Å². The maximum Gasteiger partial charge on any atom is 0.317 e. The number of hydrogen-bond acceptors (Lipinski definition) is 6. The summed E-state index contributed by atoms with van der Waals surface area (Å²) in [5.74, 6) is 1.42. The molecule has 9 heteroatoms. The van der Waals surface area contributed by atoms with Gasteiger partial charge in [-0.3, -0.25) is 4.98 Å². The summed E-state index contributed by atoms with van der Waals surface area (Å²) >= 11 is 0. The van der Waals surface area contributed by atoms with Crippen molar-refractivity contribution in [1.29, 1.82) is 0 Å². The van der Waals surface area contributed by atoms with Crippen LogP contribution in [0.5, 0.6) is 0 Å². The summed E-state index contributed by atoms with van der Waals surface area (Å²) in [4.78, 5) is 25.1. The van der Waals surface area contributed by atoms with E-state index in [9.17, 15) is 4.79 Å². The molecule has 1 aromatic carbocycles. The van der Waals surface area contributed by atoms with E-state index in [1.807, 2.05) is 41.2 Å². The lowest BCUT2D eigenvalue weighted by Gasteiger charge is -2.39. The molecule has 0 spiro atoms. The summed E-state index contributed by atoms with van der Waals surface area (Å²) in [7, 11) is 1.65. The fourth-order valence-electron chi connectivity index (χ4n) is 6.77. The fourth-order valence-corrected chi connectivity index (χ4v) is 6.77. The highest BCUT2D eigenvalue weighted by Crippen LogP contribution is 2.50. The third-order valence-corrected chi connectivity index (χ3v) is 8.82. The van der Waals surface area contributed by atoms with Crippen LogP contribution in [-0.4, -0.2) is 62.9 Å². The Bertz CT molecular complexity index is 1520. The lowest BCUT2D eigenvalue weighted by molar-refractivity contribution is 0.133. The number of aromatic nitrogens is 4. The van der Waals surface area contributed by atoms with Gasteiger partial charge in [0.15, 0.2) is 5.65 Å². The molecule has 2 aliphatic heterocycles. The second kappa shape index (κ2) is 10.2. The van der Waals surface area contributed by atoms with Crippen LogP contribution in [0.1, 0.15) is 61.6 Å². The Balaban J connectivity index is 1.22. The van der Waals surface area contributed by atoms with Crippen LogP contribution in [0, 0.1) is 0 Å². The number of methoxy groups -OCH3 is 1. The van der Waals surface area contributed by atoms with Gasteiger partial charge < -0.3 is 20.7 Å². The largest absolute Gasteiger partial charge is 0.383 e. The molecule has 2 unspecified atom stereocenters. The van der Waals surface area contributed by atoms with Gasteiger partial charge in [0.05, 0.1) is 24.2 Å². The second-order valence-corrected chi connectivity index (χ2v) is 11.3. The van der Waals surface area contributed by atoms with Crippen molar-refractivity contribution in [1.82, 2.24) is 29.8 Å². The minimum atomic E-state index is 0.0258. The molecule has 1 aliphatic carbocycles. The minimum Gasteiger partial charge on any atom is -0.383 e. The number of nitrogens with two attached hydrogens (primary N) is 1. The van der Waals surface area contributed by atoms with Crippen molar-refractivity contribution in [3.8, 4) is 22.4 Å². The smallest absolute Gasteiger partial charge is 0.317 e. The summed E-state index contributed by atoms with van der Waals surface area (Å²) in [6.07, 6.45) is 9.91. The molecule has 206 valence electrons. The zero-order valence-corrected chi connectivity index (χ0v) is 22.8. The molecule has 4 aromatic rings. The molecule has 40 heavy (non-hydrogen) atoms. The van der Waals surface area contributed by atoms with E-state index in [0.29, 0.717) is 24.9 Å². The van der Waals surface area contributed by atoms with Crippen molar-refractivity contribution < 1.29 is 9.53 Å². The van der Waals surface area contributed by atoms with Crippen LogP contribution < -0.4 is 11.1 Å². The number of pyridine rings is 1. The summed E-state index contributed by atoms with van der Waals surface area (Å²) in [5, 5.41) is 7.70. The molecule has 2 amide bonds. The van der Waals surface area contributed by atoms with Gasteiger partial charge in [0.1, 0.15) is 5.82 Å². The van der Waals surface area contributed by atoms with E-state index in [0.717, 1.165) is 72.3 Å². The van der Waals surface area contributed by atoms with E-state index in [-0.39, 0.29) is 24.0 Å². The van der Waals surface area contributed by atoms with Crippen LogP contribution in [-0.2, 0) is 4.74 Å². The molecule has 7 rings (SSSR count). The van der Waals surface area contributed by atoms with Gasteiger partial charge in [-0.1, -0.05) is 36.4 Å². The normalized spacial score (nSPS) is 22.1. The molecular formula is C31H35N7O2. The first-order chi connectivity index (χ1) is 19.6. The Morgan fingerprint density at radius 3 is 2.45 bits per heavy atom. The quantitative estimate of drug-likeness (QED) is 0.322. The first-order valence-corrected chi connectivity index (χ1v) is 14.4. The van der Waals surface area contributed by atoms with Crippen molar-refractivity contribution in [2.24, 2.45) is 0 Å². The monoisotopic (exact) mass is 537 g/mol. The van der Waals surface area contributed by atoms with Crippen LogP contribution >= 0.6 is 0 Å². The summed E-state index contributed by atoms with van der Waals surface area (Å²) < 4.78 is 6.92. The molecule has 3 aromatic heterocycles. The lowest BCUT2D eigenvalue weighted by atomic mass is 9.85. The topological polar surface area (TPSA) is 111 Å². The average molecular weight is 538 g/mol. The van der Waals surface area contributed by atoms with Crippen molar-refractivity contribution in [2.75, 3.05) is 26.0 Å².